The summed E-state index contributed by atoms with van der Waals surface area (Å²) in [5.74, 6) is 3.96. The molecular weight excluding hydrogens is 190 g/mol. The number of benzene rings is 1. The second-order valence-corrected chi connectivity index (χ2v) is 2.77. The summed E-state index contributed by atoms with van der Waals surface area (Å²) in [5.41, 5.74) is 2.35. The molecule has 0 bridgehead atoms. The standard InChI is InChI=1S/C9H12F2N2O/c1-14-6-4-8(10)7(2-3-13-12)9(11)5-6/h4-5,13H,2-3,12H2,1H3. The van der Waals surface area contributed by atoms with Gasteiger partial charge in [0.1, 0.15) is 17.4 Å². The minimum atomic E-state index is -0.614. The van der Waals surface area contributed by atoms with Crippen molar-refractivity contribution in [3.8, 4) is 5.75 Å². The van der Waals surface area contributed by atoms with Crippen LogP contribution in [0.25, 0.3) is 0 Å². The van der Waals surface area contributed by atoms with E-state index in [1.807, 2.05) is 0 Å². The third-order valence-corrected chi connectivity index (χ3v) is 1.87. The van der Waals surface area contributed by atoms with Crippen LogP contribution in [0.4, 0.5) is 8.78 Å². The average molecular weight is 202 g/mol. The molecule has 0 spiro atoms. The molecule has 0 aliphatic heterocycles. The van der Waals surface area contributed by atoms with Crippen molar-refractivity contribution in [1.82, 2.24) is 5.43 Å². The Morgan fingerprint density at radius 2 is 1.93 bits per heavy atom. The van der Waals surface area contributed by atoms with Gasteiger partial charge in [-0.2, -0.15) is 0 Å². The van der Waals surface area contributed by atoms with Gasteiger partial charge in [-0.05, 0) is 6.42 Å². The van der Waals surface area contributed by atoms with Crippen LogP contribution >= 0.6 is 0 Å². The lowest BCUT2D eigenvalue weighted by Crippen LogP contribution is -2.25. The maximum absolute atomic E-state index is 13.2. The van der Waals surface area contributed by atoms with Gasteiger partial charge in [-0.15, -0.1) is 0 Å². The fourth-order valence-electron chi connectivity index (χ4n) is 1.13. The molecule has 0 aliphatic carbocycles. The first-order valence-electron chi connectivity index (χ1n) is 4.14. The Morgan fingerprint density at radius 3 is 2.36 bits per heavy atom. The largest absolute Gasteiger partial charge is 0.497 e. The summed E-state index contributed by atoms with van der Waals surface area (Å²) in [6, 6.07) is 2.30. The van der Waals surface area contributed by atoms with E-state index in [-0.39, 0.29) is 17.7 Å². The molecule has 1 rings (SSSR count). The molecule has 0 radical (unpaired) electrons. The zero-order valence-corrected chi connectivity index (χ0v) is 7.81. The molecule has 0 saturated carbocycles. The maximum atomic E-state index is 13.2. The number of ether oxygens (including phenoxy) is 1. The molecule has 5 heteroatoms. The van der Waals surface area contributed by atoms with Gasteiger partial charge in [-0.25, -0.2) is 8.78 Å². The molecular formula is C9H12F2N2O. The van der Waals surface area contributed by atoms with Crippen LogP contribution in [0.3, 0.4) is 0 Å². The van der Waals surface area contributed by atoms with Crippen molar-refractivity contribution in [1.29, 1.82) is 0 Å². The van der Waals surface area contributed by atoms with Gasteiger partial charge in [0.05, 0.1) is 7.11 Å². The van der Waals surface area contributed by atoms with Crippen LogP contribution in [0.1, 0.15) is 5.56 Å². The Bertz CT molecular complexity index is 295. The normalized spacial score (nSPS) is 10.3. The van der Waals surface area contributed by atoms with E-state index >= 15 is 0 Å². The first-order chi connectivity index (χ1) is 6.69. The molecule has 0 atom stereocenters. The van der Waals surface area contributed by atoms with Crippen molar-refractivity contribution < 1.29 is 13.5 Å². The number of methoxy groups -OCH3 is 1. The van der Waals surface area contributed by atoms with Crippen molar-refractivity contribution in [3.05, 3.63) is 29.3 Å². The van der Waals surface area contributed by atoms with Gasteiger partial charge in [0.2, 0.25) is 0 Å². The summed E-state index contributed by atoms with van der Waals surface area (Å²) in [6.45, 7) is 0.320. The number of hydrazine groups is 1. The van der Waals surface area contributed by atoms with E-state index in [0.717, 1.165) is 12.1 Å². The summed E-state index contributed by atoms with van der Waals surface area (Å²) in [7, 11) is 1.36. The number of nitrogens with two attached hydrogens (primary N) is 1. The number of hydrogen-bond donors (Lipinski definition) is 2. The van der Waals surface area contributed by atoms with Gasteiger partial charge in [0.15, 0.2) is 0 Å². The molecule has 14 heavy (non-hydrogen) atoms. The highest BCUT2D eigenvalue weighted by molar-refractivity contribution is 5.30. The van der Waals surface area contributed by atoms with Gasteiger partial charge in [-0.1, -0.05) is 0 Å². The first kappa shape index (κ1) is 10.9. The van der Waals surface area contributed by atoms with Gasteiger partial charge in [0, 0.05) is 24.2 Å². The van der Waals surface area contributed by atoms with Crippen molar-refractivity contribution in [2.45, 2.75) is 6.42 Å². The Hall–Kier alpha value is -1.20. The lowest BCUT2D eigenvalue weighted by Gasteiger charge is -2.06. The fourth-order valence-corrected chi connectivity index (χ4v) is 1.13. The highest BCUT2D eigenvalue weighted by Crippen LogP contribution is 2.20. The molecule has 1 aromatic carbocycles. The van der Waals surface area contributed by atoms with Gasteiger partial charge < -0.3 is 4.74 Å². The maximum Gasteiger partial charge on any atom is 0.133 e. The number of rotatable bonds is 4. The van der Waals surface area contributed by atoms with E-state index in [9.17, 15) is 8.78 Å². The van der Waals surface area contributed by atoms with Crippen molar-refractivity contribution in [3.63, 3.8) is 0 Å². The third kappa shape index (κ3) is 2.40. The summed E-state index contributed by atoms with van der Waals surface area (Å²) >= 11 is 0. The van der Waals surface area contributed by atoms with Crippen LogP contribution in [-0.4, -0.2) is 13.7 Å². The molecule has 0 amide bonds. The van der Waals surface area contributed by atoms with Crippen molar-refractivity contribution >= 4 is 0 Å². The second-order valence-electron chi connectivity index (χ2n) is 2.77. The van der Waals surface area contributed by atoms with E-state index in [0.29, 0.717) is 6.54 Å². The Labute approximate surface area is 80.8 Å². The number of hydrogen-bond acceptors (Lipinski definition) is 3. The average Bonchev–Trinajstić information content (AvgIpc) is 2.16. The predicted molar refractivity (Wildman–Crippen MR) is 48.8 cm³/mol. The van der Waals surface area contributed by atoms with E-state index in [1.54, 1.807) is 0 Å². The van der Waals surface area contributed by atoms with E-state index in [4.69, 9.17) is 10.6 Å². The molecule has 3 nitrogen and oxygen atoms in total. The Kier molecular flexibility index (Phi) is 3.79. The van der Waals surface area contributed by atoms with Crippen LogP contribution in [-0.2, 0) is 6.42 Å². The SMILES string of the molecule is COc1cc(F)c(CCNN)c(F)c1. The molecule has 0 fully saturated rings. The minimum Gasteiger partial charge on any atom is -0.497 e. The lowest BCUT2D eigenvalue weighted by molar-refractivity contribution is 0.405. The molecule has 0 unspecified atom stereocenters. The van der Waals surface area contributed by atoms with Gasteiger partial charge >= 0.3 is 0 Å². The van der Waals surface area contributed by atoms with Gasteiger partial charge in [0.25, 0.3) is 0 Å². The predicted octanol–water partition coefficient (Wildman–Crippen LogP) is 0.979. The highest BCUT2D eigenvalue weighted by atomic mass is 19.1. The fraction of sp³-hybridized carbons (Fsp3) is 0.333. The Balaban J connectivity index is 2.93. The number of halogens is 2. The zero-order valence-electron chi connectivity index (χ0n) is 7.81. The van der Waals surface area contributed by atoms with Crippen LogP contribution < -0.4 is 16.0 Å². The Morgan fingerprint density at radius 1 is 1.36 bits per heavy atom. The molecule has 0 saturated heterocycles. The van der Waals surface area contributed by atoms with Crippen LogP contribution in [0, 0.1) is 11.6 Å². The summed E-state index contributed by atoms with van der Waals surface area (Å²) in [6.07, 6.45) is 0.207. The lowest BCUT2D eigenvalue weighted by atomic mass is 10.1. The molecule has 0 heterocycles. The van der Waals surface area contributed by atoms with Crippen molar-refractivity contribution in [2.75, 3.05) is 13.7 Å². The van der Waals surface area contributed by atoms with Crippen molar-refractivity contribution in [2.24, 2.45) is 5.84 Å². The third-order valence-electron chi connectivity index (χ3n) is 1.87. The number of nitrogens with one attached hydrogen (secondary N) is 1. The van der Waals surface area contributed by atoms with E-state index < -0.39 is 11.6 Å². The summed E-state index contributed by atoms with van der Waals surface area (Å²) < 4.78 is 31.2. The topological polar surface area (TPSA) is 47.3 Å². The summed E-state index contributed by atoms with van der Waals surface area (Å²) in [5, 5.41) is 0. The van der Waals surface area contributed by atoms with Crippen LogP contribution in [0.2, 0.25) is 0 Å². The monoisotopic (exact) mass is 202 g/mol. The van der Waals surface area contributed by atoms with Crippen LogP contribution in [0.15, 0.2) is 12.1 Å². The quantitative estimate of drug-likeness (QED) is 0.565. The van der Waals surface area contributed by atoms with E-state index in [1.165, 1.54) is 7.11 Å². The second kappa shape index (κ2) is 4.88. The smallest absolute Gasteiger partial charge is 0.133 e. The molecule has 0 aromatic heterocycles. The molecule has 0 aliphatic rings. The first-order valence-corrected chi connectivity index (χ1v) is 4.14. The van der Waals surface area contributed by atoms with E-state index in [2.05, 4.69) is 5.43 Å². The molecule has 1 aromatic rings. The van der Waals surface area contributed by atoms with Crippen LogP contribution in [0.5, 0.6) is 5.75 Å². The molecule has 3 N–H and O–H groups in total. The molecule has 78 valence electrons. The minimum absolute atomic E-state index is 0.0174. The summed E-state index contributed by atoms with van der Waals surface area (Å²) in [4.78, 5) is 0. The zero-order chi connectivity index (χ0) is 10.6. The highest BCUT2D eigenvalue weighted by Gasteiger charge is 2.10. The van der Waals surface area contributed by atoms with Gasteiger partial charge in [-0.3, -0.25) is 11.3 Å².